The van der Waals surface area contributed by atoms with Gasteiger partial charge in [0.2, 0.25) is 0 Å². The molecular weight excluding hydrogens is 314 g/mol. The van der Waals surface area contributed by atoms with Crippen molar-refractivity contribution in [1.29, 1.82) is 0 Å². The first-order valence-corrected chi connectivity index (χ1v) is 8.62. The molecule has 3 unspecified atom stereocenters. The number of benzene rings is 2. The lowest BCUT2D eigenvalue weighted by atomic mass is 9.71. The van der Waals surface area contributed by atoms with E-state index in [2.05, 4.69) is 0 Å². The molecule has 1 aliphatic rings. The van der Waals surface area contributed by atoms with E-state index in [0.29, 0.717) is 17.5 Å². The molecule has 0 saturated heterocycles. The first-order chi connectivity index (χ1) is 11.9. The van der Waals surface area contributed by atoms with Crippen molar-refractivity contribution in [3.8, 4) is 0 Å². The molecule has 1 amide bonds. The number of carbonyl (C=O) groups excluding carboxylic acids is 1. The van der Waals surface area contributed by atoms with Crippen LogP contribution >= 0.6 is 0 Å². The van der Waals surface area contributed by atoms with Crippen LogP contribution in [0.3, 0.4) is 0 Å². The third kappa shape index (κ3) is 2.62. The quantitative estimate of drug-likeness (QED) is 0.908. The van der Waals surface area contributed by atoms with E-state index in [9.17, 15) is 14.7 Å². The lowest BCUT2D eigenvalue weighted by Crippen LogP contribution is -2.59. The van der Waals surface area contributed by atoms with Crippen LogP contribution in [0.25, 0.3) is 0 Å². The van der Waals surface area contributed by atoms with Gasteiger partial charge in [0.25, 0.3) is 5.91 Å². The molecule has 3 atom stereocenters. The molecule has 4 heteroatoms. The maximum atomic E-state index is 13.3. The number of hydrogen-bond donors (Lipinski definition) is 1. The first kappa shape index (κ1) is 17.2. The van der Waals surface area contributed by atoms with Gasteiger partial charge >= 0.3 is 5.97 Å². The summed E-state index contributed by atoms with van der Waals surface area (Å²) in [4.78, 5) is 27.2. The Morgan fingerprint density at radius 2 is 1.76 bits per heavy atom. The summed E-state index contributed by atoms with van der Waals surface area (Å²) in [5.74, 6) is -1.75. The van der Waals surface area contributed by atoms with Crippen LogP contribution in [0.15, 0.2) is 54.6 Å². The molecule has 25 heavy (non-hydrogen) atoms. The summed E-state index contributed by atoms with van der Waals surface area (Å²) < 4.78 is 0. The van der Waals surface area contributed by atoms with Gasteiger partial charge in [-0.3, -0.25) is 9.59 Å². The Morgan fingerprint density at radius 3 is 2.36 bits per heavy atom. The van der Waals surface area contributed by atoms with Crippen molar-refractivity contribution in [1.82, 2.24) is 4.90 Å². The summed E-state index contributed by atoms with van der Waals surface area (Å²) in [5.41, 5.74) is 1.30. The minimum Gasteiger partial charge on any atom is -0.481 e. The van der Waals surface area contributed by atoms with Gasteiger partial charge < -0.3 is 10.0 Å². The predicted molar refractivity (Wildman–Crippen MR) is 96.5 cm³/mol. The minimum absolute atomic E-state index is 0.103. The van der Waals surface area contributed by atoms with Crippen LogP contribution in [-0.4, -0.2) is 27.4 Å². The fourth-order valence-electron chi connectivity index (χ4n) is 4.05. The molecule has 4 nitrogen and oxygen atoms in total. The van der Waals surface area contributed by atoms with E-state index in [1.807, 2.05) is 51.1 Å². The van der Waals surface area contributed by atoms with Gasteiger partial charge in [0.05, 0.1) is 11.6 Å². The Hall–Kier alpha value is -2.62. The fourth-order valence-corrected chi connectivity index (χ4v) is 4.05. The van der Waals surface area contributed by atoms with Crippen molar-refractivity contribution in [2.45, 2.75) is 44.7 Å². The third-order valence-electron chi connectivity index (χ3n) is 5.53. The number of nitrogens with zero attached hydrogens (tertiary/aromatic N) is 1. The number of carboxylic acids is 1. The second-order valence-corrected chi connectivity index (χ2v) is 6.83. The van der Waals surface area contributed by atoms with Crippen LogP contribution in [0.1, 0.15) is 60.6 Å². The molecule has 3 rings (SSSR count). The van der Waals surface area contributed by atoms with E-state index in [0.717, 1.165) is 5.56 Å². The average Bonchev–Trinajstić information content (AvgIpc) is 2.62. The lowest BCUT2D eigenvalue weighted by molar-refractivity contribution is -0.143. The summed E-state index contributed by atoms with van der Waals surface area (Å²) in [6, 6.07) is 16.6. The summed E-state index contributed by atoms with van der Waals surface area (Å²) in [5, 5.41) is 9.97. The average molecular weight is 337 g/mol. The van der Waals surface area contributed by atoms with E-state index >= 15 is 0 Å². The number of fused-ring (bicyclic) bond motifs is 1. The molecule has 0 aromatic heterocycles. The predicted octanol–water partition coefficient (Wildman–Crippen LogP) is 4.24. The van der Waals surface area contributed by atoms with Crippen molar-refractivity contribution in [3.63, 3.8) is 0 Å². The first-order valence-electron chi connectivity index (χ1n) is 8.62. The van der Waals surface area contributed by atoms with Crippen LogP contribution in [0, 0.1) is 0 Å². The van der Waals surface area contributed by atoms with Crippen LogP contribution in [-0.2, 0) is 4.79 Å². The number of carboxylic acid groups (broad SMARTS) is 1. The number of aliphatic carboxylic acids is 1. The van der Waals surface area contributed by atoms with Crippen molar-refractivity contribution >= 4 is 11.9 Å². The molecule has 0 fully saturated rings. The number of carbonyl (C=O) groups is 2. The summed E-state index contributed by atoms with van der Waals surface area (Å²) in [6.07, 6.45) is 0.557. The van der Waals surface area contributed by atoms with Crippen molar-refractivity contribution in [3.05, 3.63) is 71.3 Å². The maximum absolute atomic E-state index is 13.3. The second kappa shape index (κ2) is 6.36. The molecule has 0 spiro atoms. The maximum Gasteiger partial charge on any atom is 0.313 e. The highest BCUT2D eigenvalue weighted by Crippen LogP contribution is 2.46. The molecular formula is C21H23NO3. The topological polar surface area (TPSA) is 57.6 Å². The lowest BCUT2D eigenvalue weighted by Gasteiger charge is -2.51. The van der Waals surface area contributed by atoms with Gasteiger partial charge in [-0.25, -0.2) is 0 Å². The smallest absolute Gasteiger partial charge is 0.313 e. The SMILES string of the molecule is CCC1(C)C(C(=O)O)c2ccccc2C(=O)N1C(C)c1ccccc1. The molecule has 1 aliphatic heterocycles. The van der Waals surface area contributed by atoms with Gasteiger partial charge in [-0.1, -0.05) is 55.5 Å². The molecule has 2 aromatic carbocycles. The minimum atomic E-state index is -0.894. The summed E-state index contributed by atoms with van der Waals surface area (Å²) >= 11 is 0. The standard InChI is InChI=1S/C21H23NO3/c1-4-21(3)18(20(24)25)16-12-8-9-13-17(16)19(23)22(21)14(2)15-10-6-5-7-11-15/h5-14,18H,4H2,1-3H3,(H,24,25). The van der Waals surface area contributed by atoms with Gasteiger partial charge in [0.1, 0.15) is 5.92 Å². The Bertz CT molecular complexity index is 802. The van der Waals surface area contributed by atoms with Gasteiger partial charge in [-0.15, -0.1) is 0 Å². The van der Waals surface area contributed by atoms with Gasteiger partial charge in [-0.2, -0.15) is 0 Å². The van der Waals surface area contributed by atoms with E-state index < -0.39 is 17.4 Å². The van der Waals surface area contributed by atoms with E-state index in [1.54, 1.807) is 29.2 Å². The van der Waals surface area contributed by atoms with Gasteiger partial charge in [0, 0.05) is 5.56 Å². The summed E-state index contributed by atoms with van der Waals surface area (Å²) in [7, 11) is 0. The van der Waals surface area contributed by atoms with Gasteiger partial charge in [-0.05, 0) is 37.5 Å². The third-order valence-corrected chi connectivity index (χ3v) is 5.53. The number of rotatable bonds is 4. The highest BCUT2D eigenvalue weighted by Gasteiger charge is 2.52. The zero-order chi connectivity index (χ0) is 18.2. The van der Waals surface area contributed by atoms with Crippen LogP contribution in [0.4, 0.5) is 0 Å². The van der Waals surface area contributed by atoms with Crippen molar-refractivity contribution < 1.29 is 14.7 Å². The van der Waals surface area contributed by atoms with Crippen molar-refractivity contribution in [2.24, 2.45) is 0 Å². The Labute approximate surface area is 148 Å². The molecule has 1 N–H and O–H groups in total. The van der Waals surface area contributed by atoms with Crippen molar-refractivity contribution in [2.75, 3.05) is 0 Å². The summed E-state index contributed by atoms with van der Waals surface area (Å²) in [6.45, 7) is 5.80. The highest BCUT2D eigenvalue weighted by molar-refractivity contribution is 6.01. The van der Waals surface area contributed by atoms with Gasteiger partial charge in [0.15, 0.2) is 0 Å². The van der Waals surface area contributed by atoms with E-state index in [1.165, 1.54) is 0 Å². The molecule has 0 bridgehead atoms. The normalized spacial score (nSPS) is 23.9. The molecule has 2 aromatic rings. The highest BCUT2D eigenvalue weighted by atomic mass is 16.4. The zero-order valence-corrected chi connectivity index (χ0v) is 14.8. The molecule has 0 radical (unpaired) electrons. The Morgan fingerprint density at radius 1 is 1.16 bits per heavy atom. The van der Waals surface area contributed by atoms with Crippen LogP contribution in [0.2, 0.25) is 0 Å². The monoisotopic (exact) mass is 337 g/mol. The van der Waals surface area contributed by atoms with E-state index in [-0.39, 0.29) is 11.9 Å². The second-order valence-electron chi connectivity index (χ2n) is 6.83. The van der Waals surface area contributed by atoms with E-state index in [4.69, 9.17) is 0 Å². The largest absolute Gasteiger partial charge is 0.481 e. The van der Waals surface area contributed by atoms with Crippen LogP contribution in [0.5, 0.6) is 0 Å². The molecule has 0 aliphatic carbocycles. The van der Waals surface area contributed by atoms with Crippen LogP contribution < -0.4 is 0 Å². The Balaban J connectivity index is 2.20. The number of amides is 1. The molecule has 1 heterocycles. The Kier molecular flexibility index (Phi) is 4.38. The zero-order valence-electron chi connectivity index (χ0n) is 14.8. The molecule has 0 saturated carbocycles. The fraction of sp³-hybridized carbons (Fsp3) is 0.333. The number of hydrogen-bond acceptors (Lipinski definition) is 2. The molecule has 130 valence electrons.